The van der Waals surface area contributed by atoms with Crippen LogP contribution in [-0.2, 0) is 4.74 Å². The molecule has 0 heterocycles. The van der Waals surface area contributed by atoms with Crippen LogP contribution in [0.2, 0.25) is 0 Å². The van der Waals surface area contributed by atoms with Crippen LogP contribution in [0, 0.1) is 5.92 Å². The van der Waals surface area contributed by atoms with Crippen molar-refractivity contribution in [2.75, 3.05) is 30.8 Å². The number of nitrogen functional groups attached to an aromatic ring is 1. The average molecular weight is 262 g/mol. The molecule has 4 heteroatoms. The SMILES string of the molecule is CCCN(CC1CC1)c1c(N)cccc1C(=O)OC. The van der Waals surface area contributed by atoms with Gasteiger partial charge in [-0.3, -0.25) is 0 Å². The Morgan fingerprint density at radius 2 is 2.21 bits per heavy atom. The first-order chi connectivity index (χ1) is 9.17. The molecule has 0 radical (unpaired) electrons. The van der Waals surface area contributed by atoms with Gasteiger partial charge in [-0.25, -0.2) is 4.79 Å². The molecule has 0 aromatic heterocycles. The molecule has 1 aliphatic carbocycles. The molecular formula is C15H22N2O2. The normalized spacial score (nSPS) is 14.2. The number of esters is 1. The Bertz CT molecular complexity index is 455. The fraction of sp³-hybridized carbons (Fsp3) is 0.533. The molecule has 0 bridgehead atoms. The fourth-order valence-electron chi connectivity index (χ4n) is 2.37. The molecule has 4 nitrogen and oxygen atoms in total. The minimum absolute atomic E-state index is 0.320. The highest BCUT2D eigenvalue weighted by atomic mass is 16.5. The van der Waals surface area contributed by atoms with E-state index in [4.69, 9.17) is 10.5 Å². The number of hydrogen-bond donors (Lipinski definition) is 1. The van der Waals surface area contributed by atoms with Crippen molar-refractivity contribution in [3.05, 3.63) is 23.8 Å². The summed E-state index contributed by atoms with van der Waals surface area (Å²) >= 11 is 0. The van der Waals surface area contributed by atoms with Crippen molar-refractivity contribution >= 4 is 17.3 Å². The average Bonchev–Trinajstić information content (AvgIpc) is 3.21. The van der Waals surface area contributed by atoms with E-state index < -0.39 is 0 Å². The second kappa shape index (κ2) is 5.95. The lowest BCUT2D eigenvalue weighted by molar-refractivity contribution is 0.0601. The summed E-state index contributed by atoms with van der Waals surface area (Å²) in [4.78, 5) is 14.1. The molecule has 0 aliphatic heterocycles. The van der Waals surface area contributed by atoms with Crippen LogP contribution in [0.4, 0.5) is 11.4 Å². The maximum atomic E-state index is 11.9. The Labute approximate surface area is 114 Å². The van der Waals surface area contributed by atoms with Gasteiger partial charge in [-0.15, -0.1) is 0 Å². The molecule has 1 aliphatic rings. The zero-order valence-corrected chi connectivity index (χ0v) is 11.7. The van der Waals surface area contributed by atoms with Crippen LogP contribution < -0.4 is 10.6 Å². The lowest BCUT2D eigenvalue weighted by Gasteiger charge is -2.27. The minimum atomic E-state index is -0.320. The van der Waals surface area contributed by atoms with Crippen LogP contribution in [0.5, 0.6) is 0 Å². The van der Waals surface area contributed by atoms with Gasteiger partial charge in [-0.1, -0.05) is 13.0 Å². The van der Waals surface area contributed by atoms with E-state index >= 15 is 0 Å². The first-order valence-electron chi connectivity index (χ1n) is 6.89. The number of anilines is 2. The molecule has 0 amide bonds. The summed E-state index contributed by atoms with van der Waals surface area (Å²) < 4.78 is 4.86. The van der Waals surface area contributed by atoms with E-state index in [1.165, 1.54) is 20.0 Å². The standard InChI is InChI=1S/C15H22N2O2/c1-3-9-17(10-11-7-8-11)14-12(15(18)19-2)5-4-6-13(14)16/h4-6,11H,3,7-10,16H2,1-2H3. The maximum Gasteiger partial charge on any atom is 0.340 e. The zero-order chi connectivity index (χ0) is 13.8. The maximum absolute atomic E-state index is 11.9. The molecule has 2 rings (SSSR count). The Kier molecular flexibility index (Phi) is 4.30. The topological polar surface area (TPSA) is 55.6 Å². The minimum Gasteiger partial charge on any atom is -0.465 e. The van der Waals surface area contributed by atoms with Gasteiger partial charge >= 0.3 is 5.97 Å². The highest BCUT2D eigenvalue weighted by Gasteiger charge is 2.27. The molecule has 2 N–H and O–H groups in total. The zero-order valence-electron chi connectivity index (χ0n) is 11.7. The van der Waals surface area contributed by atoms with Gasteiger partial charge in [0.25, 0.3) is 0 Å². The molecule has 1 fully saturated rings. The van der Waals surface area contributed by atoms with Gasteiger partial charge in [0, 0.05) is 13.1 Å². The third-order valence-electron chi connectivity index (χ3n) is 3.46. The summed E-state index contributed by atoms with van der Waals surface area (Å²) in [6.45, 7) is 4.03. The van der Waals surface area contributed by atoms with E-state index in [1.807, 2.05) is 6.07 Å². The number of hydrogen-bond acceptors (Lipinski definition) is 4. The van der Waals surface area contributed by atoms with Gasteiger partial charge in [0.2, 0.25) is 0 Å². The Morgan fingerprint density at radius 1 is 1.47 bits per heavy atom. The van der Waals surface area contributed by atoms with Crippen molar-refractivity contribution in [1.29, 1.82) is 0 Å². The van der Waals surface area contributed by atoms with E-state index in [9.17, 15) is 4.79 Å². The number of carbonyl (C=O) groups excluding carboxylic acids is 1. The predicted octanol–water partition coefficient (Wildman–Crippen LogP) is 2.68. The Hall–Kier alpha value is -1.71. The highest BCUT2D eigenvalue weighted by Crippen LogP contribution is 2.35. The van der Waals surface area contributed by atoms with Gasteiger partial charge in [0.15, 0.2) is 0 Å². The molecule has 0 atom stereocenters. The number of rotatable bonds is 6. The van der Waals surface area contributed by atoms with E-state index in [-0.39, 0.29) is 5.97 Å². The molecule has 1 aromatic carbocycles. The largest absolute Gasteiger partial charge is 0.465 e. The molecule has 19 heavy (non-hydrogen) atoms. The molecular weight excluding hydrogens is 240 g/mol. The summed E-state index contributed by atoms with van der Waals surface area (Å²) in [5.74, 6) is 0.427. The molecule has 0 spiro atoms. The van der Waals surface area contributed by atoms with Crippen molar-refractivity contribution in [3.8, 4) is 0 Å². The van der Waals surface area contributed by atoms with Crippen molar-refractivity contribution in [2.45, 2.75) is 26.2 Å². The predicted molar refractivity (Wildman–Crippen MR) is 77.4 cm³/mol. The number of carbonyl (C=O) groups is 1. The molecule has 1 saturated carbocycles. The number of para-hydroxylation sites is 1. The van der Waals surface area contributed by atoms with Crippen molar-refractivity contribution in [3.63, 3.8) is 0 Å². The number of nitrogens with two attached hydrogens (primary N) is 1. The fourth-order valence-corrected chi connectivity index (χ4v) is 2.37. The number of ether oxygens (including phenoxy) is 1. The quantitative estimate of drug-likeness (QED) is 0.632. The van der Waals surface area contributed by atoms with E-state index in [2.05, 4.69) is 11.8 Å². The van der Waals surface area contributed by atoms with Crippen molar-refractivity contribution in [2.24, 2.45) is 5.92 Å². The number of nitrogens with zero attached hydrogens (tertiary/aromatic N) is 1. The molecule has 104 valence electrons. The van der Waals surface area contributed by atoms with Gasteiger partial charge in [-0.05, 0) is 37.3 Å². The second-order valence-corrected chi connectivity index (χ2v) is 5.12. The lowest BCUT2D eigenvalue weighted by atomic mass is 10.1. The third kappa shape index (κ3) is 3.19. The summed E-state index contributed by atoms with van der Waals surface area (Å²) in [6.07, 6.45) is 3.59. The number of benzene rings is 1. The van der Waals surface area contributed by atoms with Crippen LogP contribution in [0.1, 0.15) is 36.5 Å². The van der Waals surface area contributed by atoms with Gasteiger partial charge < -0.3 is 15.4 Å². The second-order valence-electron chi connectivity index (χ2n) is 5.12. The molecule has 1 aromatic rings. The van der Waals surface area contributed by atoms with E-state index in [0.29, 0.717) is 11.3 Å². The third-order valence-corrected chi connectivity index (χ3v) is 3.46. The summed E-state index contributed by atoms with van der Waals surface area (Å²) in [7, 11) is 1.40. The van der Waals surface area contributed by atoms with E-state index in [0.717, 1.165) is 31.1 Å². The van der Waals surface area contributed by atoms with Gasteiger partial charge in [0.05, 0.1) is 24.0 Å². The van der Waals surface area contributed by atoms with Gasteiger partial charge in [0.1, 0.15) is 0 Å². The van der Waals surface area contributed by atoms with Crippen LogP contribution in [0.25, 0.3) is 0 Å². The highest BCUT2D eigenvalue weighted by molar-refractivity contribution is 5.99. The monoisotopic (exact) mass is 262 g/mol. The Balaban J connectivity index is 2.34. The molecule has 0 unspecified atom stereocenters. The first-order valence-corrected chi connectivity index (χ1v) is 6.89. The van der Waals surface area contributed by atoms with Crippen LogP contribution in [0.3, 0.4) is 0 Å². The van der Waals surface area contributed by atoms with Gasteiger partial charge in [-0.2, -0.15) is 0 Å². The Morgan fingerprint density at radius 3 is 2.79 bits per heavy atom. The van der Waals surface area contributed by atoms with Crippen molar-refractivity contribution < 1.29 is 9.53 Å². The molecule has 0 saturated heterocycles. The van der Waals surface area contributed by atoms with E-state index in [1.54, 1.807) is 12.1 Å². The smallest absolute Gasteiger partial charge is 0.340 e. The van der Waals surface area contributed by atoms with Crippen LogP contribution in [0.15, 0.2) is 18.2 Å². The summed E-state index contributed by atoms with van der Waals surface area (Å²) in [5, 5.41) is 0. The first kappa shape index (κ1) is 13.7. The van der Waals surface area contributed by atoms with Crippen LogP contribution >= 0.6 is 0 Å². The lowest BCUT2D eigenvalue weighted by Crippen LogP contribution is -2.29. The van der Waals surface area contributed by atoms with Crippen molar-refractivity contribution in [1.82, 2.24) is 0 Å². The number of methoxy groups -OCH3 is 1. The summed E-state index contributed by atoms with van der Waals surface area (Å²) in [5.41, 5.74) is 8.14. The summed E-state index contributed by atoms with van der Waals surface area (Å²) in [6, 6.07) is 5.43. The van der Waals surface area contributed by atoms with Crippen LogP contribution in [-0.4, -0.2) is 26.2 Å².